The average Bonchev–Trinajstić information content (AvgIpc) is 2.49. The van der Waals surface area contributed by atoms with Crippen molar-refractivity contribution in [2.45, 2.75) is 20.0 Å². The fourth-order valence-electron chi connectivity index (χ4n) is 1.87. The Labute approximate surface area is 127 Å². The summed E-state index contributed by atoms with van der Waals surface area (Å²) < 4.78 is 5.61. The molecule has 0 radical (unpaired) electrons. The lowest BCUT2D eigenvalue weighted by Gasteiger charge is -2.16. The molecule has 0 saturated carbocycles. The van der Waals surface area contributed by atoms with Crippen LogP contribution in [-0.4, -0.2) is 16.9 Å². The fourth-order valence-corrected chi connectivity index (χ4v) is 1.87. The van der Waals surface area contributed by atoms with Crippen LogP contribution < -0.4 is 10.1 Å². The van der Waals surface area contributed by atoms with E-state index in [1.54, 1.807) is 19.1 Å². The van der Waals surface area contributed by atoms with Crippen molar-refractivity contribution in [3.8, 4) is 5.75 Å². The summed E-state index contributed by atoms with van der Waals surface area (Å²) in [4.78, 5) is 22.3. The van der Waals surface area contributed by atoms with E-state index in [-0.39, 0.29) is 11.6 Å². The van der Waals surface area contributed by atoms with E-state index in [1.165, 1.54) is 18.2 Å². The first kappa shape index (κ1) is 15.5. The van der Waals surface area contributed by atoms with Gasteiger partial charge in [0.15, 0.2) is 6.10 Å². The summed E-state index contributed by atoms with van der Waals surface area (Å²) in [6, 6.07) is 13.2. The number of non-ortho nitro benzene ring substituents is 1. The van der Waals surface area contributed by atoms with Crippen molar-refractivity contribution in [3.63, 3.8) is 0 Å². The Kier molecular flexibility index (Phi) is 4.73. The second-order valence-electron chi connectivity index (χ2n) is 4.82. The lowest BCUT2D eigenvalue weighted by atomic mass is 10.2. The third-order valence-electron chi connectivity index (χ3n) is 3.09. The topological polar surface area (TPSA) is 81.5 Å². The highest BCUT2D eigenvalue weighted by molar-refractivity contribution is 5.94. The number of ether oxygens (including phenoxy) is 1. The number of nitro groups is 1. The molecule has 1 amide bonds. The van der Waals surface area contributed by atoms with Crippen LogP contribution >= 0.6 is 0 Å². The quantitative estimate of drug-likeness (QED) is 0.678. The molecule has 6 nitrogen and oxygen atoms in total. The number of carbonyl (C=O) groups is 1. The van der Waals surface area contributed by atoms with E-state index in [2.05, 4.69) is 5.32 Å². The molecule has 6 heteroatoms. The van der Waals surface area contributed by atoms with Crippen LogP contribution in [0.4, 0.5) is 11.4 Å². The Balaban J connectivity index is 2.04. The minimum absolute atomic E-state index is 0.0784. The molecule has 22 heavy (non-hydrogen) atoms. The highest BCUT2D eigenvalue weighted by Gasteiger charge is 2.16. The zero-order valence-corrected chi connectivity index (χ0v) is 12.3. The average molecular weight is 300 g/mol. The number of anilines is 1. The van der Waals surface area contributed by atoms with Gasteiger partial charge in [-0.25, -0.2) is 0 Å². The summed E-state index contributed by atoms with van der Waals surface area (Å²) in [5.41, 5.74) is 1.21. The number of carbonyl (C=O) groups excluding carboxylic acids is 1. The minimum atomic E-state index is -0.722. The van der Waals surface area contributed by atoms with Gasteiger partial charge in [0.25, 0.3) is 11.6 Å². The Hall–Kier alpha value is -2.89. The monoisotopic (exact) mass is 300 g/mol. The van der Waals surface area contributed by atoms with Gasteiger partial charge in [-0.2, -0.15) is 0 Å². The minimum Gasteiger partial charge on any atom is -0.481 e. The maximum Gasteiger partial charge on any atom is 0.271 e. The van der Waals surface area contributed by atoms with Crippen LogP contribution in [0.5, 0.6) is 5.75 Å². The number of para-hydroxylation sites is 1. The molecule has 0 fully saturated rings. The van der Waals surface area contributed by atoms with Crippen molar-refractivity contribution in [3.05, 3.63) is 64.2 Å². The van der Waals surface area contributed by atoms with Gasteiger partial charge in [-0.3, -0.25) is 14.9 Å². The number of aryl methyl sites for hydroxylation is 1. The number of nitrogens with zero attached hydrogens (tertiary/aromatic N) is 1. The molecular weight excluding hydrogens is 284 g/mol. The first-order valence-corrected chi connectivity index (χ1v) is 6.75. The number of rotatable bonds is 5. The van der Waals surface area contributed by atoms with E-state index >= 15 is 0 Å². The van der Waals surface area contributed by atoms with Gasteiger partial charge in [-0.1, -0.05) is 24.3 Å². The zero-order valence-electron chi connectivity index (χ0n) is 12.3. The van der Waals surface area contributed by atoms with Crippen molar-refractivity contribution in [2.75, 3.05) is 5.32 Å². The van der Waals surface area contributed by atoms with Crippen molar-refractivity contribution >= 4 is 17.3 Å². The molecule has 1 atom stereocenters. The first-order valence-electron chi connectivity index (χ1n) is 6.75. The second-order valence-corrected chi connectivity index (χ2v) is 4.82. The van der Waals surface area contributed by atoms with Crippen molar-refractivity contribution < 1.29 is 14.5 Å². The van der Waals surface area contributed by atoms with Gasteiger partial charge in [0.05, 0.1) is 4.92 Å². The third-order valence-corrected chi connectivity index (χ3v) is 3.09. The predicted molar refractivity (Wildman–Crippen MR) is 83.0 cm³/mol. The van der Waals surface area contributed by atoms with Crippen LogP contribution in [-0.2, 0) is 4.79 Å². The smallest absolute Gasteiger partial charge is 0.271 e. The van der Waals surface area contributed by atoms with E-state index < -0.39 is 11.0 Å². The molecule has 0 heterocycles. The number of amides is 1. The van der Waals surface area contributed by atoms with Crippen molar-refractivity contribution in [2.24, 2.45) is 0 Å². The highest BCUT2D eigenvalue weighted by Crippen LogP contribution is 2.20. The lowest BCUT2D eigenvalue weighted by molar-refractivity contribution is -0.384. The van der Waals surface area contributed by atoms with E-state index in [0.717, 1.165) is 5.56 Å². The second kappa shape index (κ2) is 6.71. The molecule has 0 spiro atoms. The van der Waals surface area contributed by atoms with Gasteiger partial charge >= 0.3 is 0 Å². The fraction of sp³-hybridized carbons (Fsp3) is 0.188. The Morgan fingerprint density at radius 3 is 2.64 bits per heavy atom. The maximum absolute atomic E-state index is 12.1. The molecule has 0 aliphatic rings. The van der Waals surface area contributed by atoms with Gasteiger partial charge in [-0.15, -0.1) is 0 Å². The zero-order chi connectivity index (χ0) is 16.1. The van der Waals surface area contributed by atoms with E-state index in [9.17, 15) is 14.9 Å². The summed E-state index contributed by atoms with van der Waals surface area (Å²) in [6.07, 6.45) is -0.722. The number of hydrogen-bond acceptors (Lipinski definition) is 4. The highest BCUT2D eigenvalue weighted by atomic mass is 16.6. The molecule has 114 valence electrons. The van der Waals surface area contributed by atoms with Gasteiger partial charge in [0, 0.05) is 17.8 Å². The summed E-state index contributed by atoms with van der Waals surface area (Å²) in [7, 11) is 0. The number of benzene rings is 2. The summed E-state index contributed by atoms with van der Waals surface area (Å²) in [6.45, 7) is 3.51. The van der Waals surface area contributed by atoms with Gasteiger partial charge in [-0.05, 0) is 31.5 Å². The van der Waals surface area contributed by atoms with Gasteiger partial charge in [0.1, 0.15) is 5.75 Å². The molecule has 0 aromatic heterocycles. The standard InChI is InChI=1S/C16H16N2O4/c1-11-6-3-4-9-15(11)22-12(2)16(19)17-13-7-5-8-14(10-13)18(20)21/h3-10,12H,1-2H3,(H,17,19)/t12-/m0/s1. The van der Waals surface area contributed by atoms with Gasteiger partial charge < -0.3 is 10.1 Å². The van der Waals surface area contributed by atoms with Crippen LogP contribution in [0, 0.1) is 17.0 Å². The number of nitrogens with one attached hydrogen (secondary N) is 1. The SMILES string of the molecule is Cc1ccccc1O[C@@H](C)C(=O)Nc1cccc([N+](=O)[O-])c1. The predicted octanol–water partition coefficient (Wildman–Crippen LogP) is 3.31. The molecule has 0 saturated heterocycles. The van der Waals surface area contributed by atoms with E-state index in [0.29, 0.717) is 11.4 Å². The van der Waals surface area contributed by atoms with Crippen molar-refractivity contribution in [1.29, 1.82) is 0 Å². The Morgan fingerprint density at radius 1 is 1.23 bits per heavy atom. The van der Waals surface area contributed by atoms with Crippen LogP contribution in [0.1, 0.15) is 12.5 Å². The van der Waals surface area contributed by atoms with Crippen LogP contribution in [0.15, 0.2) is 48.5 Å². The lowest BCUT2D eigenvalue weighted by Crippen LogP contribution is -2.30. The molecule has 0 aliphatic carbocycles. The van der Waals surface area contributed by atoms with E-state index in [4.69, 9.17) is 4.74 Å². The van der Waals surface area contributed by atoms with Crippen LogP contribution in [0.2, 0.25) is 0 Å². The molecule has 2 aromatic carbocycles. The molecule has 2 rings (SSSR count). The molecule has 2 aromatic rings. The van der Waals surface area contributed by atoms with Crippen molar-refractivity contribution in [1.82, 2.24) is 0 Å². The summed E-state index contributed by atoms with van der Waals surface area (Å²) >= 11 is 0. The van der Waals surface area contributed by atoms with Gasteiger partial charge in [0.2, 0.25) is 0 Å². The third kappa shape index (κ3) is 3.82. The molecular formula is C16H16N2O4. The number of hydrogen-bond donors (Lipinski definition) is 1. The molecule has 0 unspecified atom stereocenters. The molecule has 1 N–H and O–H groups in total. The molecule has 0 aliphatic heterocycles. The largest absolute Gasteiger partial charge is 0.481 e. The summed E-state index contributed by atoms with van der Waals surface area (Å²) in [5.74, 6) is 0.257. The molecule has 0 bridgehead atoms. The normalized spacial score (nSPS) is 11.5. The maximum atomic E-state index is 12.1. The number of nitro benzene ring substituents is 1. The van der Waals surface area contributed by atoms with Crippen LogP contribution in [0.3, 0.4) is 0 Å². The Morgan fingerprint density at radius 2 is 1.95 bits per heavy atom. The summed E-state index contributed by atoms with van der Waals surface area (Å²) in [5, 5.41) is 13.3. The van der Waals surface area contributed by atoms with Crippen LogP contribution in [0.25, 0.3) is 0 Å². The first-order chi connectivity index (χ1) is 10.5. The Bertz CT molecular complexity index is 700. The van der Waals surface area contributed by atoms with E-state index in [1.807, 2.05) is 25.1 Å².